The summed E-state index contributed by atoms with van der Waals surface area (Å²) in [7, 11) is 1.49. The second kappa shape index (κ2) is 11.6. The minimum absolute atomic E-state index is 0.0401. The summed E-state index contributed by atoms with van der Waals surface area (Å²) < 4.78 is 25.8. The molecule has 156 valence electrons. The van der Waals surface area contributed by atoms with Gasteiger partial charge in [-0.2, -0.15) is 0 Å². The summed E-state index contributed by atoms with van der Waals surface area (Å²) in [4.78, 5) is 32.9. The maximum atomic E-state index is 12.9. The van der Waals surface area contributed by atoms with Gasteiger partial charge in [-0.3, -0.25) is 14.9 Å². The van der Waals surface area contributed by atoms with E-state index in [4.69, 9.17) is 11.6 Å². The SMILES string of the molecule is CCC(F)(F)CCCc1cccc(Cl)c1.CNC(=O)C1CNC(=O)NC(=O)C1. The fourth-order valence-electron chi connectivity index (χ4n) is 2.54. The molecule has 0 spiro atoms. The number of benzene rings is 1. The third-order valence-electron chi connectivity index (χ3n) is 4.23. The van der Waals surface area contributed by atoms with Crippen LogP contribution in [0.3, 0.4) is 0 Å². The van der Waals surface area contributed by atoms with Crippen molar-refractivity contribution in [1.29, 1.82) is 0 Å². The largest absolute Gasteiger partial charge is 0.359 e. The van der Waals surface area contributed by atoms with Crippen molar-refractivity contribution >= 4 is 29.4 Å². The summed E-state index contributed by atoms with van der Waals surface area (Å²) in [6.45, 7) is 1.70. The monoisotopic (exact) mass is 417 g/mol. The molecule has 4 amide bonds. The fraction of sp³-hybridized carbons (Fsp3) is 0.526. The van der Waals surface area contributed by atoms with Crippen molar-refractivity contribution in [2.24, 2.45) is 5.92 Å². The van der Waals surface area contributed by atoms with Crippen LogP contribution in [0.25, 0.3) is 0 Å². The Morgan fingerprint density at radius 3 is 2.68 bits per heavy atom. The second-order valence-corrected chi connectivity index (χ2v) is 6.90. The number of rotatable bonds is 6. The Labute approximate surface area is 168 Å². The van der Waals surface area contributed by atoms with E-state index in [1.807, 2.05) is 18.2 Å². The van der Waals surface area contributed by atoms with E-state index in [1.165, 1.54) is 14.0 Å². The maximum Gasteiger partial charge on any atom is 0.321 e. The van der Waals surface area contributed by atoms with Crippen LogP contribution in [0.4, 0.5) is 13.6 Å². The Balaban J connectivity index is 0.000000283. The Morgan fingerprint density at radius 1 is 1.36 bits per heavy atom. The van der Waals surface area contributed by atoms with Crippen molar-refractivity contribution in [2.75, 3.05) is 13.6 Å². The van der Waals surface area contributed by atoms with Gasteiger partial charge in [0, 0.05) is 37.9 Å². The molecule has 1 fully saturated rings. The highest BCUT2D eigenvalue weighted by Crippen LogP contribution is 2.25. The van der Waals surface area contributed by atoms with Crippen molar-refractivity contribution in [1.82, 2.24) is 16.0 Å². The van der Waals surface area contributed by atoms with Crippen LogP contribution in [0.15, 0.2) is 24.3 Å². The van der Waals surface area contributed by atoms with E-state index in [2.05, 4.69) is 16.0 Å². The normalized spacial score (nSPS) is 16.8. The summed E-state index contributed by atoms with van der Waals surface area (Å²) in [6, 6.07) is 6.82. The summed E-state index contributed by atoms with van der Waals surface area (Å²) in [6.07, 6.45) is 1.08. The number of halogens is 3. The number of alkyl halides is 2. The number of amides is 4. The number of hydrogen-bond donors (Lipinski definition) is 3. The molecule has 1 heterocycles. The molecular formula is C19H26ClF2N3O3. The molecule has 2 rings (SSSR count). The van der Waals surface area contributed by atoms with Gasteiger partial charge >= 0.3 is 6.03 Å². The highest BCUT2D eigenvalue weighted by Gasteiger charge is 2.26. The molecule has 1 unspecified atom stereocenters. The lowest BCUT2D eigenvalue weighted by Gasteiger charge is -2.13. The second-order valence-electron chi connectivity index (χ2n) is 6.47. The predicted octanol–water partition coefficient (Wildman–Crippen LogP) is 3.29. The molecule has 28 heavy (non-hydrogen) atoms. The number of urea groups is 1. The average molecular weight is 418 g/mol. The van der Waals surface area contributed by atoms with Crippen LogP contribution in [0, 0.1) is 5.92 Å². The molecular weight excluding hydrogens is 392 g/mol. The number of imide groups is 1. The van der Waals surface area contributed by atoms with Crippen molar-refractivity contribution < 1.29 is 23.2 Å². The molecule has 3 N–H and O–H groups in total. The Morgan fingerprint density at radius 2 is 2.07 bits per heavy atom. The average Bonchev–Trinajstić information content (AvgIpc) is 2.81. The first-order valence-corrected chi connectivity index (χ1v) is 9.46. The zero-order valence-corrected chi connectivity index (χ0v) is 16.7. The first-order chi connectivity index (χ1) is 13.2. The molecule has 1 atom stereocenters. The van der Waals surface area contributed by atoms with Gasteiger partial charge in [-0.15, -0.1) is 0 Å². The van der Waals surface area contributed by atoms with Crippen molar-refractivity contribution in [3.8, 4) is 0 Å². The van der Waals surface area contributed by atoms with Gasteiger partial charge in [0.25, 0.3) is 0 Å². The Hall–Kier alpha value is -2.22. The lowest BCUT2D eigenvalue weighted by Crippen LogP contribution is -2.37. The highest BCUT2D eigenvalue weighted by atomic mass is 35.5. The van der Waals surface area contributed by atoms with E-state index in [0.29, 0.717) is 17.9 Å². The van der Waals surface area contributed by atoms with Gasteiger partial charge in [-0.25, -0.2) is 13.6 Å². The first kappa shape index (κ1) is 23.8. The smallest absolute Gasteiger partial charge is 0.321 e. The minimum Gasteiger partial charge on any atom is -0.359 e. The van der Waals surface area contributed by atoms with Gasteiger partial charge in [0.15, 0.2) is 0 Å². The number of carbonyl (C=O) groups is 3. The van der Waals surface area contributed by atoms with Crippen molar-refractivity contribution in [3.63, 3.8) is 0 Å². The zero-order valence-electron chi connectivity index (χ0n) is 16.0. The minimum atomic E-state index is -2.52. The zero-order chi connectivity index (χ0) is 21.2. The van der Waals surface area contributed by atoms with Crippen LogP contribution >= 0.6 is 11.6 Å². The topological polar surface area (TPSA) is 87.3 Å². The van der Waals surface area contributed by atoms with Crippen molar-refractivity contribution in [3.05, 3.63) is 34.9 Å². The molecule has 1 aliphatic rings. The molecule has 0 saturated carbocycles. The summed E-state index contributed by atoms with van der Waals surface area (Å²) in [5.74, 6) is -3.66. The van der Waals surface area contributed by atoms with E-state index >= 15 is 0 Å². The van der Waals surface area contributed by atoms with Crippen LogP contribution < -0.4 is 16.0 Å². The summed E-state index contributed by atoms with van der Waals surface area (Å²) in [5.41, 5.74) is 1.02. The van der Waals surface area contributed by atoms with Gasteiger partial charge in [0.2, 0.25) is 17.7 Å². The molecule has 1 saturated heterocycles. The molecule has 1 aromatic rings. The third-order valence-corrected chi connectivity index (χ3v) is 4.46. The summed E-state index contributed by atoms with van der Waals surface area (Å²) in [5, 5.41) is 7.58. The standard InChI is InChI=1S/C12H15ClF2.C7H11N3O3/c1-2-12(14,15)8-4-6-10-5-3-7-11(13)9-10;1-8-6(12)4-2-5(11)10-7(13)9-3-4/h3,5,7,9H,2,4,6,8H2,1H3;4H,2-3H2,1H3,(H,8,12)(H2,9,10,11,13). The Kier molecular flexibility index (Phi) is 9.85. The molecule has 6 nitrogen and oxygen atoms in total. The quantitative estimate of drug-likeness (QED) is 0.663. The van der Waals surface area contributed by atoms with Gasteiger partial charge in [-0.05, 0) is 30.5 Å². The van der Waals surface area contributed by atoms with E-state index in [0.717, 1.165) is 5.56 Å². The van der Waals surface area contributed by atoms with Crippen LogP contribution in [0.2, 0.25) is 5.02 Å². The van der Waals surface area contributed by atoms with Crippen LogP contribution in [0.5, 0.6) is 0 Å². The number of nitrogens with one attached hydrogen (secondary N) is 3. The molecule has 0 aromatic heterocycles. The molecule has 0 bridgehead atoms. The Bertz CT molecular complexity index is 686. The number of hydrogen-bond acceptors (Lipinski definition) is 3. The lowest BCUT2D eigenvalue weighted by atomic mass is 10.0. The molecule has 0 radical (unpaired) electrons. The van der Waals surface area contributed by atoms with Crippen LogP contribution in [-0.2, 0) is 16.0 Å². The van der Waals surface area contributed by atoms with Crippen LogP contribution in [-0.4, -0.2) is 37.4 Å². The van der Waals surface area contributed by atoms with E-state index in [-0.39, 0.29) is 31.7 Å². The maximum absolute atomic E-state index is 12.9. The lowest BCUT2D eigenvalue weighted by molar-refractivity contribution is -0.128. The molecule has 1 aromatic carbocycles. The van der Waals surface area contributed by atoms with E-state index in [9.17, 15) is 23.2 Å². The fourth-order valence-corrected chi connectivity index (χ4v) is 2.76. The molecule has 0 aliphatic carbocycles. The predicted molar refractivity (Wildman–Crippen MR) is 103 cm³/mol. The number of aryl methyl sites for hydroxylation is 1. The van der Waals surface area contributed by atoms with Gasteiger partial charge in [0.1, 0.15) is 0 Å². The van der Waals surface area contributed by atoms with Gasteiger partial charge in [-0.1, -0.05) is 30.7 Å². The highest BCUT2D eigenvalue weighted by molar-refractivity contribution is 6.30. The third kappa shape index (κ3) is 9.12. The summed E-state index contributed by atoms with van der Waals surface area (Å²) >= 11 is 5.79. The van der Waals surface area contributed by atoms with E-state index in [1.54, 1.807) is 6.07 Å². The van der Waals surface area contributed by atoms with Gasteiger partial charge < -0.3 is 10.6 Å². The first-order valence-electron chi connectivity index (χ1n) is 9.08. The van der Waals surface area contributed by atoms with Gasteiger partial charge in [0.05, 0.1) is 5.92 Å². The number of carbonyl (C=O) groups excluding carboxylic acids is 3. The van der Waals surface area contributed by atoms with Crippen LogP contribution in [0.1, 0.15) is 38.2 Å². The van der Waals surface area contributed by atoms with Crippen molar-refractivity contribution in [2.45, 2.75) is 45.0 Å². The van der Waals surface area contributed by atoms with E-state index < -0.39 is 23.8 Å². The molecule has 1 aliphatic heterocycles. The molecule has 9 heteroatoms.